The summed E-state index contributed by atoms with van der Waals surface area (Å²) in [6.07, 6.45) is -1.13. The van der Waals surface area contributed by atoms with Gasteiger partial charge in [-0.2, -0.15) is 13.2 Å². The molecule has 1 fully saturated rings. The normalized spacial score (nSPS) is 16.8. The van der Waals surface area contributed by atoms with Crippen LogP contribution in [-0.4, -0.2) is 37.2 Å². The summed E-state index contributed by atoms with van der Waals surface area (Å²) in [4.78, 5) is 28.6. The van der Waals surface area contributed by atoms with Gasteiger partial charge in [0.1, 0.15) is 13.6 Å². The van der Waals surface area contributed by atoms with E-state index in [-0.39, 0.29) is 12.5 Å². The number of carbonyl (C=O) groups excluding carboxylic acids is 2. The Bertz CT molecular complexity index is 535. The molecule has 25 heavy (non-hydrogen) atoms. The number of hydrogen-bond donors (Lipinski definition) is 1. The number of anilines is 1. The van der Waals surface area contributed by atoms with Crippen molar-refractivity contribution in [1.29, 1.82) is 0 Å². The van der Waals surface area contributed by atoms with Gasteiger partial charge >= 0.3 is 12.1 Å². The highest BCUT2D eigenvalue weighted by Gasteiger charge is 2.31. The Balaban J connectivity index is 0.00000134. The van der Waals surface area contributed by atoms with Gasteiger partial charge in [0.25, 0.3) is 0 Å². The van der Waals surface area contributed by atoms with Crippen LogP contribution in [0.15, 0.2) is 24.3 Å². The van der Waals surface area contributed by atoms with E-state index in [1.165, 1.54) is 6.07 Å². The van der Waals surface area contributed by atoms with Gasteiger partial charge < -0.3 is 19.6 Å². The number of carbonyl (C=O) groups is 3. The quantitative estimate of drug-likeness (QED) is 0.888. The SMILES string of the molecule is C=O.C=O.O=C(O)CCC1CCCCN1c1cccc(C(F)(F)F)c1. The smallest absolute Gasteiger partial charge is 0.416 e. The van der Waals surface area contributed by atoms with Crippen LogP contribution in [0.1, 0.15) is 37.7 Å². The van der Waals surface area contributed by atoms with E-state index in [2.05, 4.69) is 0 Å². The van der Waals surface area contributed by atoms with Gasteiger partial charge in [0.2, 0.25) is 0 Å². The van der Waals surface area contributed by atoms with Crippen LogP contribution in [0, 0.1) is 0 Å². The van der Waals surface area contributed by atoms with Gasteiger partial charge in [0, 0.05) is 24.7 Å². The van der Waals surface area contributed by atoms with Crippen molar-refractivity contribution in [2.24, 2.45) is 0 Å². The first kappa shape index (κ1) is 22.6. The highest BCUT2D eigenvalue weighted by Crippen LogP contribution is 2.34. The fourth-order valence-corrected chi connectivity index (χ4v) is 2.79. The van der Waals surface area contributed by atoms with Crippen LogP contribution in [0.4, 0.5) is 18.9 Å². The number of hydrogen-bond acceptors (Lipinski definition) is 4. The van der Waals surface area contributed by atoms with Gasteiger partial charge in [-0.3, -0.25) is 4.79 Å². The Kier molecular flexibility index (Phi) is 10.2. The minimum absolute atomic E-state index is 0.00154. The maximum Gasteiger partial charge on any atom is 0.416 e. The minimum atomic E-state index is -4.36. The lowest BCUT2D eigenvalue weighted by Crippen LogP contribution is -2.40. The minimum Gasteiger partial charge on any atom is -0.481 e. The zero-order valence-electron chi connectivity index (χ0n) is 13.8. The van der Waals surface area contributed by atoms with Crippen molar-refractivity contribution in [3.05, 3.63) is 29.8 Å². The molecule has 0 amide bonds. The predicted octanol–water partition coefficient (Wildman–Crippen LogP) is 3.56. The molecule has 1 N–H and O–H groups in total. The van der Waals surface area contributed by atoms with E-state index in [1.54, 1.807) is 6.07 Å². The maximum absolute atomic E-state index is 12.8. The van der Waals surface area contributed by atoms with Crippen LogP contribution >= 0.6 is 0 Å². The Morgan fingerprint density at radius 1 is 1.20 bits per heavy atom. The number of carboxylic acid groups (broad SMARTS) is 1. The molecule has 1 atom stereocenters. The number of aliphatic carboxylic acids is 1. The van der Waals surface area contributed by atoms with E-state index in [0.717, 1.165) is 31.4 Å². The van der Waals surface area contributed by atoms with Crippen LogP contribution in [0.5, 0.6) is 0 Å². The average molecular weight is 361 g/mol. The molecule has 0 saturated carbocycles. The van der Waals surface area contributed by atoms with E-state index in [1.807, 2.05) is 18.5 Å². The molecule has 1 aromatic carbocycles. The second-order valence-electron chi connectivity index (χ2n) is 5.32. The summed E-state index contributed by atoms with van der Waals surface area (Å²) < 4.78 is 38.4. The van der Waals surface area contributed by atoms with E-state index in [4.69, 9.17) is 14.7 Å². The molecule has 0 aromatic heterocycles. The molecular weight excluding hydrogens is 339 g/mol. The van der Waals surface area contributed by atoms with Crippen LogP contribution in [0.3, 0.4) is 0 Å². The number of benzene rings is 1. The van der Waals surface area contributed by atoms with Crippen molar-refractivity contribution in [1.82, 2.24) is 0 Å². The Morgan fingerprint density at radius 3 is 2.40 bits per heavy atom. The summed E-state index contributed by atoms with van der Waals surface area (Å²) in [5.74, 6) is -0.871. The number of carboxylic acids is 1. The molecule has 5 nitrogen and oxygen atoms in total. The van der Waals surface area contributed by atoms with Crippen LogP contribution in [0.2, 0.25) is 0 Å². The first-order valence-corrected chi connectivity index (χ1v) is 7.61. The van der Waals surface area contributed by atoms with Gasteiger partial charge in [-0.15, -0.1) is 0 Å². The van der Waals surface area contributed by atoms with Gasteiger partial charge in [0.05, 0.1) is 5.56 Å². The Labute approximate surface area is 144 Å². The molecule has 0 aliphatic carbocycles. The largest absolute Gasteiger partial charge is 0.481 e. The zero-order chi connectivity index (χ0) is 19.5. The van der Waals surface area contributed by atoms with Gasteiger partial charge in [-0.1, -0.05) is 6.07 Å². The highest BCUT2D eigenvalue weighted by molar-refractivity contribution is 5.66. The van der Waals surface area contributed by atoms with Crippen molar-refractivity contribution in [3.63, 3.8) is 0 Å². The molecule has 1 aliphatic rings. The second-order valence-corrected chi connectivity index (χ2v) is 5.32. The summed E-state index contributed by atoms with van der Waals surface area (Å²) in [5, 5.41) is 8.78. The first-order valence-electron chi connectivity index (χ1n) is 7.61. The molecule has 2 rings (SSSR count). The molecule has 1 aliphatic heterocycles. The number of alkyl halides is 3. The summed E-state index contributed by atoms with van der Waals surface area (Å²) in [6.45, 7) is 4.67. The summed E-state index contributed by atoms with van der Waals surface area (Å²) in [6, 6.07) is 5.27. The lowest BCUT2D eigenvalue weighted by molar-refractivity contribution is -0.138. The molecule has 1 heterocycles. The molecule has 0 radical (unpaired) electrons. The van der Waals surface area contributed by atoms with Crippen LogP contribution in [0.25, 0.3) is 0 Å². The van der Waals surface area contributed by atoms with E-state index in [9.17, 15) is 18.0 Å². The molecule has 1 unspecified atom stereocenters. The number of halogens is 3. The molecule has 8 heteroatoms. The Morgan fingerprint density at radius 2 is 1.84 bits per heavy atom. The molecular formula is C17H22F3NO4. The maximum atomic E-state index is 12.8. The van der Waals surface area contributed by atoms with Crippen molar-refractivity contribution in [3.8, 4) is 0 Å². The van der Waals surface area contributed by atoms with Gasteiger partial charge in [0.15, 0.2) is 0 Å². The third kappa shape index (κ3) is 7.36. The lowest BCUT2D eigenvalue weighted by Gasteiger charge is -2.37. The van der Waals surface area contributed by atoms with Crippen molar-refractivity contribution in [2.45, 2.75) is 44.3 Å². The standard InChI is InChI=1S/C15H18F3NO2.2CH2O/c16-15(17,18)11-4-3-6-13(10-11)19-9-2-1-5-12(19)7-8-14(20)21;2*1-2/h3-4,6,10,12H,1-2,5,7-9H2,(H,20,21);2*1H2. The third-order valence-electron chi connectivity index (χ3n) is 3.82. The van der Waals surface area contributed by atoms with Crippen molar-refractivity contribution < 1.29 is 32.7 Å². The van der Waals surface area contributed by atoms with E-state index in [0.29, 0.717) is 18.7 Å². The first-order chi connectivity index (χ1) is 11.9. The molecule has 140 valence electrons. The van der Waals surface area contributed by atoms with Crippen molar-refractivity contribution in [2.75, 3.05) is 11.4 Å². The summed E-state index contributed by atoms with van der Waals surface area (Å²) in [7, 11) is 0. The number of nitrogens with zero attached hydrogens (tertiary/aromatic N) is 1. The van der Waals surface area contributed by atoms with Gasteiger partial charge in [-0.05, 0) is 43.9 Å². The van der Waals surface area contributed by atoms with Gasteiger partial charge in [-0.25, -0.2) is 0 Å². The third-order valence-corrected chi connectivity index (χ3v) is 3.82. The van der Waals surface area contributed by atoms with Crippen LogP contribution in [-0.2, 0) is 20.6 Å². The molecule has 1 saturated heterocycles. The van der Waals surface area contributed by atoms with E-state index >= 15 is 0 Å². The van der Waals surface area contributed by atoms with Crippen LogP contribution < -0.4 is 4.90 Å². The summed E-state index contributed by atoms with van der Waals surface area (Å²) >= 11 is 0. The van der Waals surface area contributed by atoms with E-state index < -0.39 is 17.7 Å². The fourth-order valence-electron chi connectivity index (χ4n) is 2.79. The Hall–Kier alpha value is -2.38. The highest BCUT2D eigenvalue weighted by atomic mass is 19.4. The zero-order valence-corrected chi connectivity index (χ0v) is 13.8. The van der Waals surface area contributed by atoms with Crippen molar-refractivity contribution >= 4 is 25.2 Å². The average Bonchev–Trinajstić information content (AvgIpc) is 2.63. The monoisotopic (exact) mass is 361 g/mol. The lowest BCUT2D eigenvalue weighted by atomic mass is 9.97. The topological polar surface area (TPSA) is 74.7 Å². The fraction of sp³-hybridized carbons (Fsp3) is 0.471. The molecule has 1 aromatic rings. The molecule has 0 spiro atoms. The second kappa shape index (κ2) is 11.2. The predicted molar refractivity (Wildman–Crippen MR) is 87.5 cm³/mol. The molecule has 0 bridgehead atoms. The summed E-state index contributed by atoms with van der Waals surface area (Å²) in [5.41, 5.74) is -0.137. The number of rotatable bonds is 4. The number of piperidine rings is 1.